The Labute approximate surface area is 169 Å². The molecule has 28 heavy (non-hydrogen) atoms. The summed E-state index contributed by atoms with van der Waals surface area (Å²) in [4.78, 5) is 30.7. The van der Waals surface area contributed by atoms with Crippen LogP contribution in [0.4, 0.5) is 0 Å². The third kappa shape index (κ3) is 3.48. The van der Waals surface area contributed by atoms with Gasteiger partial charge in [0.05, 0.1) is 23.0 Å². The van der Waals surface area contributed by atoms with E-state index < -0.39 is 0 Å². The molecule has 0 bridgehead atoms. The van der Waals surface area contributed by atoms with Gasteiger partial charge in [-0.15, -0.1) is 11.3 Å². The van der Waals surface area contributed by atoms with Crippen LogP contribution in [-0.4, -0.2) is 59.0 Å². The Hall–Kier alpha value is -2.15. The fourth-order valence-electron chi connectivity index (χ4n) is 4.44. The molecule has 0 aromatic carbocycles. The highest BCUT2D eigenvalue weighted by Gasteiger charge is 2.32. The summed E-state index contributed by atoms with van der Waals surface area (Å²) in [5.41, 5.74) is 3.66. The van der Waals surface area contributed by atoms with Gasteiger partial charge in [-0.1, -0.05) is 6.92 Å². The summed E-state index contributed by atoms with van der Waals surface area (Å²) in [7, 11) is 3.49. The Morgan fingerprint density at radius 1 is 1.29 bits per heavy atom. The average Bonchev–Trinajstić information content (AvgIpc) is 3.33. The molecule has 6 nitrogen and oxygen atoms in total. The van der Waals surface area contributed by atoms with Crippen LogP contribution in [0.15, 0.2) is 11.6 Å². The molecule has 2 atom stereocenters. The molecule has 2 aliphatic rings. The van der Waals surface area contributed by atoms with Gasteiger partial charge in [-0.3, -0.25) is 14.7 Å². The Balaban J connectivity index is 1.53. The van der Waals surface area contributed by atoms with Crippen LogP contribution in [0.1, 0.15) is 69.0 Å². The molecule has 0 saturated carbocycles. The minimum absolute atomic E-state index is 0.0479. The maximum Gasteiger partial charge on any atom is 0.256 e. The van der Waals surface area contributed by atoms with Crippen LogP contribution >= 0.6 is 11.3 Å². The number of amides is 2. The monoisotopic (exact) mass is 400 g/mol. The quantitative estimate of drug-likeness (QED) is 0.859. The second-order valence-corrected chi connectivity index (χ2v) is 9.35. The van der Waals surface area contributed by atoms with Crippen LogP contribution < -0.4 is 0 Å². The van der Waals surface area contributed by atoms with Crippen molar-refractivity contribution >= 4 is 23.2 Å². The van der Waals surface area contributed by atoms with Crippen LogP contribution in [0.25, 0.3) is 0 Å². The van der Waals surface area contributed by atoms with E-state index >= 15 is 0 Å². The number of hydrogen-bond acceptors (Lipinski definition) is 4. The van der Waals surface area contributed by atoms with Gasteiger partial charge in [-0.25, -0.2) is 0 Å². The summed E-state index contributed by atoms with van der Waals surface area (Å²) >= 11 is 1.74. The number of piperidine rings is 1. The molecule has 150 valence electrons. The second kappa shape index (κ2) is 7.70. The largest absolute Gasteiger partial charge is 0.345 e. The number of H-pyrrole nitrogens is 1. The van der Waals surface area contributed by atoms with E-state index in [1.165, 1.54) is 10.4 Å². The van der Waals surface area contributed by atoms with Gasteiger partial charge in [0.2, 0.25) is 0 Å². The van der Waals surface area contributed by atoms with E-state index in [4.69, 9.17) is 0 Å². The molecule has 0 spiro atoms. The van der Waals surface area contributed by atoms with E-state index in [0.717, 1.165) is 49.9 Å². The predicted molar refractivity (Wildman–Crippen MR) is 110 cm³/mol. The van der Waals surface area contributed by atoms with E-state index in [2.05, 4.69) is 22.5 Å². The molecule has 2 aromatic heterocycles. The zero-order valence-corrected chi connectivity index (χ0v) is 17.6. The first-order valence-corrected chi connectivity index (χ1v) is 11.0. The van der Waals surface area contributed by atoms with Crippen molar-refractivity contribution in [2.45, 2.75) is 44.9 Å². The number of likely N-dealkylation sites (tertiary alicyclic amines) is 1. The van der Waals surface area contributed by atoms with Crippen molar-refractivity contribution < 1.29 is 9.59 Å². The molecule has 1 N–H and O–H groups in total. The lowest BCUT2D eigenvalue weighted by Gasteiger charge is -2.33. The molecule has 1 fully saturated rings. The van der Waals surface area contributed by atoms with Crippen LogP contribution in [0.2, 0.25) is 0 Å². The predicted octanol–water partition coefficient (Wildman–Crippen LogP) is 3.32. The number of nitrogens with zero attached hydrogens (tertiary/aromatic N) is 3. The zero-order valence-electron chi connectivity index (χ0n) is 16.8. The Morgan fingerprint density at radius 3 is 2.89 bits per heavy atom. The van der Waals surface area contributed by atoms with Crippen LogP contribution in [0.5, 0.6) is 0 Å². The summed E-state index contributed by atoms with van der Waals surface area (Å²) in [6, 6.07) is 0. The Kier molecular flexibility index (Phi) is 5.27. The van der Waals surface area contributed by atoms with Crippen molar-refractivity contribution in [1.82, 2.24) is 20.0 Å². The number of hydrogen-bond donors (Lipinski definition) is 1. The highest BCUT2D eigenvalue weighted by atomic mass is 32.1. The summed E-state index contributed by atoms with van der Waals surface area (Å²) in [5, 5.41) is 9.20. The van der Waals surface area contributed by atoms with Gasteiger partial charge in [0.15, 0.2) is 0 Å². The van der Waals surface area contributed by atoms with Gasteiger partial charge in [0.1, 0.15) is 0 Å². The van der Waals surface area contributed by atoms with Crippen LogP contribution in [-0.2, 0) is 12.8 Å². The number of carbonyl (C=O) groups is 2. The Morgan fingerprint density at radius 2 is 2.11 bits per heavy atom. The topological polar surface area (TPSA) is 69.3 Å². The number of thiophene rings is 1. The van der Waals surface area contributed by atoms with Gasteiger partial charge in [0.25, 0.3) is 11.8 Å². The lowest BCUT2D eigenvalue weighted by Crippen LogP contribution is -2.40. The molecule has 2 amide bonds. The highest BCUT2D eigenvalue weighted by molar-refractivity contribution is 7.10. The van der Waals surface area contributed by atoms with Crippen LogP contribution in [0, 0.1) is 5.92 Å². The summed E-state index contributed by atoms with van der Waals surface area (Å²) in [6.45, 7) is 3.70. The molecule has 1 aliphatic carbocycles. The lowest BCUT2D eigenvalue weighted by atomic mass is 9.87. The minimum Gasteiger partial charge on any atom is -0.345 e. The van der Waals surface area contributed by atoms with Crippen molar-refractivity contribution in [1.29, 1.82) is 0 Å². The molecule has 2 aromatic rings. The molecule has 0 radical (unpaired) electrons. The number of aromatic nitrogens is 2. The van der Waals surface area contributed by atoms with Crippen molar-refractivity contribution in [3.8, 4) is 0 Å². The molecule has 0 unspecified atom stereocenters. The lowest BCUT2D eigenvalue weighted by molar-refractivity contribution is 0.0704. The fourth-order valence-corrected chi connectivity index (χ4v) is 5.68. The third-order valence-corrected chi connectivity index (χ3v) is 7.11. The van der Waals surface area contributed by atoms with E-state index in [1.54, 1.807) is 36.5 Å². The molecule has 1 aliphatic heterocycles. The summed E-state index contributed by atoms with van der Waals surface area (Å²) < 4.78 is 0. The summed E-state index contributed by atoms with van der Waals surface area (Å²) in [6.07, 6.45) is 6.78. The van der Waals surface area contributed by atoms with E-state index in [0.29, 0.717) is 18.0 Å². The second-order valence-electron chi connectivity index (χ2n) is 8.39. The minimum atomic E-state index is -0.0479. The van der Waals surface area contributed by atoms with E-state index in [9.17, 15) is 9.59 Å². The zero-order chi connectivity index (χ0) is 19.8. The maximum atomic E-state index is 13.3. The highest BCUT2D eigenvalue weighted by Crippen LogP contribution is 2.35. The standard InChI is InChI=1S/C21H28N4O2S/c1-13-6-7-15-17(12-28-18(15)9-13)21(27)25-8-4-5-14(11-25)19-16(10-22-23-19)20(26)24(2)3/h10,12-14H,4-9,11H2,1-3H3,(H,22,23)/t13-,14-/m0/s1. The molecular formula is C21H28N4O2S. The first-order valence-electron chi connectivity index (χ1n) is 10.1. The fraction of sp³-hybridized carbons (Fsp3) is 0.571. The molecule has 4 rings (SSSR count). The van der Waals surface area contributed by atoms with E-state index in [-0.39, 0.29) is 17.7 Å². The van der Waals surface area contributed by atoms with Gasteiger partial charge >= 0.3 is 0 Å². The first kappa shape index (κ1) is 19.2. The number of rotatable bonds is 3. The van der Waals surface area contributed by atoms with Crippen molar-refractivity contribution in [2.75, 3.05) is 27.2 Å². The number of aromatic amines is 1. The molecule has 1 saturated heterocycles. The van der Waals surface area contributed by atoms with Crippen LogP contribution in [0.3, 0.4) is 0 Å². The molecule has 7 heteroatoms. The van der Waals surface area contributed by atoms with Gasteiger partial charge in [-0.2, -0.15) is 5.10 Å². The van der Waals surface area contributed by atoms with E-state index in [1.807, 2.05) is 4.90 Å². The number of carbonyl (C=O) groups excluding carboxylic acids is 2. The normalized spacial score (nSPS) is 22.0. The van der Waals surface area contributed by atoms with Crippen molar-refractivity contribution in [3.05, 3.63) is 38.8 Å². The maximum absolute atomic E-state index is 13.3. The molecular weight excluding hydrogens is 372 g/mol. The smallest absolute Gasteiger partial charge is 0.256 e. The summed E-state index contributed by atoms with van der Waals surface area (Å²) in [5.74, 6) is 0.931. The SMILES string of the molecule is C[C@H]1CCc2c(C(=O)N3CCC[C@H](c4[nH]ncc4C(=O)N(C)C)C3)csc2C1. The third-order valence-electron chi connectivity index (χ3n) is 6.05. The van der Waals surface area contributed by atoms with Gasteiger partial charge < -0.3 is 9.80 Å². The molecule has 3 heterocycles. The average molecular weight is 401 g/mol. The first-order chi connectivity index (χ1) is 13.5. The number of nitrogens with one attached hydrogen (secondary N) is 1. The van der Waals surface area contributed by atoms with Gasteiger partial charge in [-0.05, 0) is 43.6 Å². The van der Waals surface area contributed by atoms with Crippen molar-refractivity contribution in [2.24, 2.45) is 5.92 Å². The van der Waals surface area contributed by atoms with Gasteiger partial charge in [0, 0.05) is 43.4 Å². The Bertz CT molecular complexity index is 885. The van der Waals surface area contributed by atoms with Crippen molar-refractivity contribution in [3.63, 3.8) is 0 Å². The number of fused-ring (bicyclic) bond motifs is 1.